The lowest BCUT2D eigenvalue weighted by Crippen LogP contribution is -2.03. The fraction of sp³-hybridized carbons (Fsp3) is 0.583. The molecule has 16 heavy (non-hydrogen) atoms. The van der Waals surface area contributed by atoms with E-state index in [-0.39, 0.29) is 0 Å². The van der Waals surface area contributed by atoms with Gasteiger partial charge in [-0.1, -0.05) is 18.9 Å². The van der Waals surface area contributed by atoms with E-state index in [1.54, 1.807) is 7.11 Å². The van der Waals surface area contributed by atoms with E-state index in [4.69, 9.17) is 9.84 Å². The van der Waals surface area contributed by atoms with Crippen molar-refractivity contribution in [1.29, 1.82) is 0 Å². The van der Waals surface area contributed by atoms with Gasteiger partial charge in [0.15, 0.2) is 0 Å². The standard InChI is InChI=1S/C12H20N2O2/c1-16-12-8-6-7-11(14-12)13-9-4-2-3-5-10-15/h6-8,15H,2-5,9-10H2,1H3,(H,13,14). The van der Waals surface area contributed by atoms with Gasteiger partial charge in [-0.05, 0) is 18.9 Å². The maximum atomic E-state index is 8.62. The van der Waals surface area contributed by atoms with Gasteiger partial charge in [-0.15, -0.1) is 0 Å². The molecule has 0 radical (unpaired) electrons. The summed E-state index contributed by atoms with van der Waals surface area (Å²) < 4.78 is 5.04. The van der Waals surface area contributed by atoms with Gasteiger partial charge in [-0.2, -0.15) is 4.98 Å². The number of pyridine rings is 1. The van der Waals surface area contributed by atoms with Crippen LogP contribution in [0.5, 0.6) is 5.88 Å². The molecule has 1 aromatic rings. The zero-order valence-electron chi connectivity index (χ0n) is 9.78. The molecule has 0 spiro atoms. The predicted molar refractivity (Wildman–Crippen MR) is 64.8 cm³/mol. The molecule has 0 saturated heterocycles. The number of nitrogens with one attached hydrogen (secondary N) is 1. The molecule has 1 rings (SSSR count). The number of aromatic nitrogens is 1. The summed E-state index contributed by atoms with van der Waals surface area (Å²) in [6, 6.07) is 5.67. The Morgan fingerprint density at radius 2 is 2.06 bits per heavy atom. The molecule has 0 amide bonds. The molecule has 1 aromatic heterocycles. The van der Waals surface area contributed by atoms with Crippen LogP contribution in [0, 0.1) is 0 Å². The van der Waals surface area contributed by atoms with Gasteiger partial charge in [0.1, 0.15) is 5.82 Å². The van der Waals surface area contributed by atoms with E-state index in [9.17, 15) is 0 Å². The van der Waals surface area contributed by atoms with Crippen molar-refractivity contribution in [1.82, 2.24) is 4.98 Å². The Labute approximate surface area is 96.7 Å². The maximum absolute atomic E-state index is 8.62. The summed E-state index contributed by atoms with van der Waals surface area (Å²) in [6.45, 7) is 1.20. The Morgan fingerprint density at radius 3 is 2.81 bits per heavy atom. The van der Waals surface area contributed by atoms with Crippen LogP contribution in [0.4, 0.5) is 5.82 Å². The predicted octanol–water partition coefficient (Wildman–Crippen LogP) is 2.05. The number of hydrogen-bond acceptors (Lipinski definition) is 4. The molecule has 4 heteroatoms. The van der Waals surface area contributed by atoms with Crippen molar-refractivity contribution >= 4 is 5.82 Å². The van der Waals surface area contributed by atoms with Crippen molar-refractivity contribution in [3.63, 3.8) is 0 Å². The third kappa shape index (κ3) is 4.98. The summed E-state index contributed by atoms with van der Waals surface area (Å²) >= 11 is 0. The molecule has 1 heterocycles. The second kappa shape index (κ2) is 7.93. The molecule has 2 N–H and O–H groups in total. The minimum absolute atomic E-state index is 0.296. The lowest BCUT2D eigenvalue weighted by atomic mass is 10.2. The minimum atomic E-state index is 0.296. The van der Waals surface area contributed by atoms with Crippen molar-refractivity contribution in [3.05, 3.63) is 18.2 Å². The molecule has 0 aromatic carbocycles. The number of aliphatic hydroxyl groups is 1. The average Bonchev–Trinajstić information content (AvgIpc) is 2.34. The highest BCUT2D eigenvalue weighted by Crippen LogP contribution is 2.10. The van der Waals surface area contributed by atoms with Crippen LogP contribution in [-0.2, 0) is 0 Å². The van der Waals surface area contributed by atoms with Crippen LogP contribution >= 0.6 is 0 Å². The van der Waals surface area contributed by atoms with Crippen molar-refractivity contribution in [2.24, 2.45) is 0 Å². The van der Waals surface area contributed by atoms with Crippen LogP contribution in [0.15, 0.2) is 18.2 Å². The fourth-order valence-electron chi connectivity index (χ4n) is 1.43. The SMILES string of the molecule is COc1cccc(NCCCCCCO)n1. The maximum Gasteiger partial charge on any atom is 0.214 e. The first-order chi connectivity index (χ1) is 7.86. The second-order valence-corrected chi connectivity index (χ2v) is 3.63. The van der Waals surface area contributed by atoms with Gasteiger partial charge in [-0.3, -0.25) is 0 Å². The van der Waals surface area contributed by atoms with E-state index < -0.39 is 0 Å². The van der Waals surface area contributed by atoms with Gasteiger partial charge in [0.25, 0.3) is 0 Å². The zero-order valence-corrected chi connectivity index (χ0v) is 9.78. The molecule has 0 aliphatic heterocycles. The summed E-state index contributed by atoms with van der Waals surface area (Å²) in [7, 11) is 1.61. The molecule has 0 saturated carbocycles. The molecule has 0 aliphatic rings. The summed E-state index contributed by atoms with van der Waals surface area (Å²) in [5.41, 5.74) is 0. The van der Waals surface area contributed by atoms with E-state index in [1.807, 2.05) is 18.2 Å². The topological polar surface area (TPSA) is 54.4 Å². The summed E-state index contributed by atoms with van der Waals surface area (Å²) in [5.74, 6) is 1.48. The molecule has 0 fully saturated rings. The van der Waals surface area contributed by atoms with Gasteiger partial charge >= 0.3 is 0 Å². The number of unbranched alkanes of at least 4 members (excludes halogenated alkanes) is 3. The van der Waals surface area contributed by atoms with Crippen LogP contribution < -0.4 is 10.1 Å². The van der Waals surface area contributed by atoms with Crippen molar-refractivity contribution in [2.45, 2.75) is 25.7 Å². The Hall–Kier alpha value is -1.29. The molecule has 0 atom stereocenters. The Balaban J connectivity index is 2.16. The number of methoxy groups -OCH3 is 1. The lowest BCUT2D eigenvalue weighted by Gasteiger charge is -2.06. The molecular formula is C12H20N2O2. The third-order valence-electron chi connectivity index (χ3n) is 2.32. The number of rotatable bonds is 8. The molecule has 90 valence electrons. The van der Waals surface area contributed by atoms with Gasteiger partial charge < -0.3 is 15.2 Å². The van der Waals surface area contributed by atoms with E-state index in [1.165, 1.54) is 0 Å². The highest BCUT2D eigenvalue weighted by molar-refractivity contribution is 5.36. The number of anilines is 1. The second-order valence-electron chi connectivity index (χ2n) is 3.63. The number of hydrogen-bond donors (Lipinski definition) is 2. The van der Waals surface area contributed by atoms with E-state index in [2.05, 4.69) is 10.3 Å². The average molecular weight is 224 g/mol. The molecule has 0 aliphatic carbocycles. The quantitative estimate of drug-likeness (QED) is 0.664. The van der Waals surface area contributed by atoms with Crippen molar-refractivity contribution in [3.8, 4) is 5.88 Å². The van der Waals surface area contributed by atoms with Gasteiger partial charge in [-0.25, -0.2) is 0 Å². The lowest BCUT2D eigenvalue weighted by molar-refractivity contribution is 0.283. The molecule has 0 bridgehead atoms. The zero-order chi connectivity index (χ0) is 11.6. The van der Waals surface area contributed by atoms with Crippen molar-refractivity contribution < 1.29 is 9.84 Å². The van der Waals surface area contributed by atoms with E-state index >= 15 is 0 Å². The van der Waals surface area contributed by atoms with Gasteiger partial charge in [0.05, 0.1) is 7.11 Å². The first-order valence-corrected chi connectivity index (χ1v) is 5.72. The van der Waals surface area contributed by atoms with Gasteiger partial charge in [0, 0.05) is 19.2 Å². The van der Waals surface area contributed by atoms with Crippen LogP contribution in [0.1, 0.15) is 25.7 Å². The fourth-order valence-corrected chi connectivity index (χ4v) is 1.43. The smallest absolute Gasteiger partial charge is 0.214 e. The third-order valence-corrected chi connectivity index (χ3v) is 2.32. The monoisotopic (exact) mass is 224 g/mol. The normalized spacial score (nSPS) is 10.1. The number of ether oxygens (including phenoxy) is 1. The van der Waals surface area contributed by atoms with E-state index in [0.717, 1.165) is 38.0 Å². The van der Waals surface area contributed by atoms with E-state index in [0.29, 0.717) is 12.5 Å². The van der Waals surface area contributed by atoms with Crippen molar-refractivity contribution in [2.75, 3.05) is 25.6 Å². The number of aliphatic hydroxyl groups excluding tert-OH is 1. The summed E-state index contributed by atoms with van der Waals surface area (Å²) in [4.78, 5) is 4.25. The summed E-state index contributed by atoms with van der Waals surface area (Å²) in [6.07, 6.45) is 4.22. The minimum Gasteiger partial charge on any atom is -0.481 e. The van der Waals surface area contributed by atoms with Gasteiger partial charge in [0.2, 0.25) is 5.88 Å². The highest BCUT2D eigenvalue weighted by atomic mass is 16.5. The van der Waals surface area contributed by atoms with Crippen LogP contribution in [0.3, 0.4) is 0 Å². The largest absolute Gasteiger partial charge is 0.481 e. The first kappa shape index (κ1) is 12.8. The number of nitrogens with zero attached hydrogens (tertiary/aromatic N) is 1. The molecule has 4 nitrogen and oxygen atoms in total. The molecular weight excluding hydrogens is 204 g/mol. The molecule has 0 unspecified atom stereocenters. The first-order valence-electron chi connectivity index (χ1n) is 5.72. The van der Waals surface area contributed by atoms with Crippen LogP contribution in [-0.4, -0.2) is 30.4 Å². The summed E-state index contributed by atoms with van der Waals surface area (Å²) in [5, 5.41) is 11.9. The Morgan fingerprint density at radius 1 is 1.25 bits per heavy atom. The van der Waals surface area contributed by atoms with Crippen LogP contribution in [0.2, 0.25) is 0 Å². The Kier molecular flexibility index (Phi) is 6.33. The van der Waals surface area contributed by atoms with Crippen LogP contribution in [0.25, 0.3) is 0 Å². The Bertz CT molecular complexity index is 292. The highest BCUT2D eigenvalue weighted by Gasteiger charge is 1.96.